The molecule has 71 heavy (non-hydrogen) atoms. The number of rotatable bonds is 5. The minimum Gasteiger partial charge on any atom is -0.455 e. The summed E-state index contributed by atoms with van der Waals surface area (Å²) in [7, 11) is 0. The maximum absolute atomic E-state index is 7.04. The number of para-hydroxylation sites is 2. The van der Waals surface area contributed by atoms with Crippen LogP contribution >= 0.6 is 0 Å². The Labute approximate surface area is 412 Å². The van der Waals surface area contributed by atoms with Crippen LogP contribution in [0.3, 0.4) is 0 Å². The monoisotopic (exact) mass is 905 g/mol. The Hall–Kier alpha value is -8.98. The number of furan rings is 1. The largest absolute Gasteiger partial charge is 0.455 e. The highest BCUT2D eigenvalue weighted by Crippen LogP contribution is 2.52. The first kappa shape index (κ1) is 41.0. The molecule has 1 aliphatic rings. The molecule has 1 aliphatic carbocycles. The maximum atomic E-state index is 7.04. The highest BCUT2D eigenvalue weighted by Gasteiger charge is 2.36. The van der Waals surface area contributed by atoms with Gasteiger partial charge in [0.05, 0.1) is 5.69 Å². The standard InChI is InChI=1S/C69H47NO/c1-69(2)63-29-15-12-26-56(63)57-39-37-48(43-64(57)69)70(65-30-16-13-20-49(65)46-34-32-45(33-35-46)44-18-4-3-5-19-44)47-36-38-55-53-24-9-7-22-51(53)50-21-6-8-23-52(50)54-25-10-11-28-59(54)67-60(62(55)42-47)40-41-61-58-27-14-17-31-66(58)71-68(61)67/h3-43H,1-2H3. The Morgan fingerprint density at radius 1 is 0.310 bits per heavy atom. The number of hydrogen-bond donors (Lipinski definition) is 0. The molecule has 0 N–H and O–H groups in total. The van der Waals surface area contributed by atoms with Crippen molar-refractivity contribution in [3.05, 3.63) is 260 Å². The van der Waals surface area contributed by atoms with E-state index in [1.54, 1.807) is 0 Å². The number of anilines is 3. The average Bonchev–Trinajstić information content (AvgIpc) is 3.92. The first-order valence-electron chi connectivity index (χ1n) is 24.7. The van der Waals surface area contributed by atoms with Crippen molar-refractivity contribution in [1.82, 2.24) is 0 Å². The number of fused-ring (bicyclic) bond motifs is 17. The lowest BCUT2D eigenvalue weighted by atomic mass is 9.82. The lowest BCUT2D eigenvalue weighted by molar-refractivity contribution is 0.660. The summed E-state index contributed by atoms with van der Waals surface area (Å²) in [5.74, 6) is 0. The molecule has 0 spiro atoms. The van der Waals surface area contributed by atoms with Gasteiger partial charge in [-0.05, 0) is 130 Å². The van der Waals surface area contributed by atoms with Gasteiger partial charge in [0.1, 0.15) is 11.2 Å². The van der Waals surface area contributed by atoms with E-state index < -0.39 is 0 Å². The summed E-state index contributed by atoms with van der Waals surface area (Å²) in [6.45, 7) is 4.74. The zero-order valence-corrected chi connectivity index (χ0v) is 39.5. The smallest absolute Gasteiger partial charge is 0.143 e. The van der Waals surface area contributed by atoms with Gasteiger partial charge in [0, 0.05) is 38.5 Å². The zero-order valence-electron chi connectivity index (χ0n) is 39.5. The fraction of sp³-hybridized carbons (Fsp3) is 0.0435. The fourth-order valence-electron chi connectivity index (χ4n) is 11.9. The van der Waals surface area contributed by atoms with E-state index in [2.05, 4.69) is 267 Å². The molecule has 1 heterocycles. The van der Waals surface area contributed by atoms with Crippen molar-refractivity contribution in [2.45, 2.75) is 19.3 Å². The first-order valence-corrected chi connectivity index (χ1v) is 24.7. The molecule has 0 radical (unpaired) electrons. The molecule has 14 rings (SSSR count). The van der Waals surface area contributed by atoms with Gasteiger partial charge in [-0.1, -0.05) is 220 Å². The number of benzene rings is 11. The molecule has 334 valence electrons. The Bertz CT molecular complexity index is 4370. The SMILES string of the molecule is CC1(C)c2ccccc2-c2ccc(N(c3ccc4c5ccccc5c5ccccc5c5ccccc5c5c(ccc6c7ccccc7oc65)c4c3)c3ccccc3-c3ccc(-c4ccccc4)cc3)cc21. The highest BCUT2D eigenvalue weighted by molar-refractivity contribution is 6.31. The number of hydrogen-bond acceptors (Lipinski definition) is 2. The van der Waals surface area contributed by atoms with E-state index in [0.717, 1.165) is 77.1 Å². The Kier molecular flexibility index (Phi) is 9.28. The minimum atomic E-state index is -0.187. The van der Waals surface area contributed by atoms with Crippen molar-refractivity contribution >= 4 is 92.9 Å². The summed E-state index contributed by atoms with van der Waals surface area (Å²) in [6, 6.07) is 91.5. The normalized spacial score (nSPS) is 12.8. The van der Waals surface area contributed by atoms with Gasteiger partial charge in [0.15, 0.2) is 0 Å². The van der Waals surface area contributed by atoms with Crippen LogP contribution in [0.4, 0.5) is 17.1 Å². The van der Waals surface area contributed by atoms with Crippen LogP contribution < -0.4 is 4.90 Å². The molecule has 12 aromatic carbocycles. The minimum absolute atomic E-state index is 0.187. The first-order chi connectivity index (χ1) is 35.0. The predicted octanol–water partition coefficient (Wildman–Crippen LogP) is 19.6. The van der Waals surface area contributed by atoms with E-state index in [4.69, 9.17) is 4.42 Å². The third-order valence-electron chi connectivity index (χ3n) is 15.3. The van der Waals surface area contributed by atoms with E-state index in [1.165, 1.54) is 60.3 Å². The van der Waals surface area contributed by atoms with Crippen molar-refractivity contribution in [3.8, 4) is 33.4 Å². The van der Waals surface area contributed by atoms with Crippen LogP contribution in [0.15, 0.2) is 253 Å². The molecule has 2 nitrogen and oxygen atoms in total. The molecule has 1 aromatic heterocycles. The van der Waals surface area contributed by atoms with Gasteiger partial charge >= 0.3 is 0 Å². The molecule has 13 aromatic rings. The Balaban J connectivity index is 1.12. The average molecular weight is 906 g/mol. The Morgan fingerprint density at radius 2 is 0.775 bits per heavy atom. The molecular weight excluding hydrogens is 859 g/mol. The van der Waals surface area contributed by atoms with Crippen LogP contribution in [0.1, 0.15) is 25.0 Å². The van der Waals surface area contributed by atoms with Gasteiger partial charge in [-0.2, -0.15) is 0 Å². The van der Waals surface area contributed by atoms with E-state index >= 15 is 0 Å². The lowest BCUT2D eigenvalue weighted by Gasteiger charge is -2.30. The lowest BCUT2D eigenvalue weighted by Crippen LogP contribution is -2.16. The second-order valence-electron chi connectivity index (χ2n) is 19.5. The maximum Gasteiger partial charge on any atom is 0.143 e. The molecule has 0 saturated carbocycles. The molecule has 0 amide bonds. The van der Waals surface area contributed by atoms with Gasteiger partial charge in [-0.3, -0.25) is 0 Å². The van der Waals surface area contributed by atoms with Crippen molar-refractivity contribution in [3.63, 3.8) is 0 Å². The van der Waals surface area contributed by atoms with Crippen LogP contribution in [0.5, 0.6) is 0 Å². The molecule has 2 heteroatoms. The van der Waals surface area contributed by atoms with Crippen molar-refractivity contribution in [2.24, 2.45) is 0 Å². The van der Waals surface area contributed by atoms with Crippen LogP contribution in [0.25, 0.3) is 109 Å². The molecule has 0 unspecified atom stereocenters. The summed E-state index contributed by atoms with van der Waals surface area (Å²) in [4.78, 5) is 2.49. The summed E-state index contributed by atoms with van der Waals surface area (Å²) in [5, 5.41) is 13.8. The van der Waals surface area contributed by atoms with Crippen LogP contribution in [0.2, 0.25) is 0 Å². The summed E-state index contributed by atoms with van der Waals surface area (Å²) >= 11 is 0. The quantitative estimate of drug-likeness (QED) is 0.171. The summed E-state index contributed by atoms with van der Waals surface area (Å²) < 4.78 is 7.04. The van der Waals surface area contributed by atoms with E-state index in [0.29, 0.717) is 0 Å². The van der Waals surface area contributed by atoms with Gasteiger partial charge in [-0.15, -0.1) is 0 Å². The summed E-state index contributed by atoms with van der Waals surface area (Å²) in [5.41, 5.74) is 14.8. The van der Waals surface area contributed by atoms with Crippen molar-refractivity contribution in [2.75, 3.05) is 4.90 Å². The van der Waals surface area contributed by atoms with E-state index in [9.17, 15) is 0 Å². The predicted molar refractivity (Wildman–Crippen MR) is 302 cm³/mol. The molecule has 0 saturated heterocycles. The Morgan fingerprint density at radius 3 is 1.49 bits per heavy atom. The second kappa shape index (κ2) is 16.1. The van der Waals surface area contributed by atoms with Gasteiger partial charge in [0.25, 0.3) is 0 Å². The van der Waals surface area contributed by atoms with Crippen molar-refractivity contribution < 1.29 is 4.42 Å². The third-order valence-corrected chi connectivity index (χ3v) is 15.3. The van der Waals surface area contributed by atoms with Crippen LogP contribution in [-0.2, 0) is 5.41 Å². The second-order valence-corrected chi connectivity index (χ2v) is 19.5. The number of nitrogens with zero attached hydrogens (tertiary/aromatic N) is 1. The van der Waals surface area contributed by atoms with Crippen molar-refractivity contribution in [1.29, 1.82) is 0 Å². The third kappa shape index (κ3) is 6.42. The van der Waals surface area contributed by atoms with E-state index in [-0.39, 0.29) is 5.41 Å². The zero-order chi connectivity index (χ0) is 47.2. The molecule has 0 bridgehead atoms. The van der Waals surface area contributed by atoms with Crippen LogP contribution in [0, 0.1) is 0 Å². The summed E-state index contributed by atoms with van der Waals surface area (Å²) in [6.07, 6.45) is 0. The highest BCUT2D eigenvalue weighted by atomic mass is 16.3. The van der Waals surface area contributed by atoms with Crippen LogP contribution in [-0.4, -0.2) is 0 Å². The molecule has 0 aliphatic heterocycles. The van der Waals surface area contributed by atoms with Gasteiger partial charge in [-0.25, -0.2) is 0 Å². The van der Waals surface area contributed by atoms with E-state index in [1.807, 2.05) is 0 Å². The molecular formula is C69H47NO. The van der Waals surface area contributed by atoms with Gasteiger partial charge < -0.3 is 9.32 Å². The molecule has 0 fully saturated rings. The molecule has 0 atom stereocenters. The fourth-order valence-corrected chi connectivity index (χ4v) is 11.9. The van der Waals surface area contributed by atoms with Gasteiger partial charge in [0.2, 0.25) is 0 Å². The topological polar surface area (TPSA) is 16.4 Å².